The minimum atomic E-state index is -0.318. The zero-order chi connectivity index (χ0) is 24.2. The molecule has 1 heterocycles. The molecule has 4 aromatic rings. The number of hydrogen-bond donors (Lipinski definition) is 1. The molecule has 0 aliphatic rings. The van der Waals surface area contributed by atoms with E-state index in [-0.39, 0.29) is 29.1 Å². The number of nitrogens with zero attached hydrogens (tertiary/aromatic N) is 2. The van der Waals surface area contributed by atoms with E-state index in [2.05, 4.69) is 5.32 Å². The quantitative estimate of drug-likeness (QED) is 0.301. The number of hydrogen-bond acceptors (Lipinski definition) is 5. The predicted molar refractivity (Wildman–Crippen MR) is 132 cm³/mol. The van der Waals surface area contributed by atoms with Crippen LogP contribution in [0.1, 0.15) is 29.8 Å². The average molecular weight is 478 g/mol. The molecule has 0 saturated carbocycles. The van der Waals surface area contributed by atoms with Crippen molar-refractivity contribution in [3.05, 3.63) is 94.0 Å². The van der Waals surface area contributed by atoms with Gasteiger partial charge in [0, 0.05) is 17.4 Å². The molecule has 6 nitrogen and oxygen atoms in total. The molecule has 0 aliphatic carbocycles. The summed E-state index contributed by atoms with van der Waals surface area (Å²) in [6.45, 7) is 3.75. The molecule has 34 heavy (non-hydrogen) atoms. The molecule has 1 amide bonds. The summed E-state index contributed by atoms with van der Waals surface area (Å²) in [6, 6.07) is 18.4. The predicted octanol–water partition coefficient (Wildman–Crippen LogP) is 4.96. The number of carbonyl (C=O) groups is 1. The Labute approximate surface area is 200 Å². The Morgan fingerprint density at radius 3 is 2.53 bits per heavy atom. The Morgan fingerprint density at radius 1 is 1.12 bits per heavy atom. The van der Waals surface area contributed by atoms with Gasteiger partial charge in [-0.2, -0.15) is 0 Å². The van der Waals surface area contributed by atoms with Crippen molar-refractivity contribution in [2.75, 3.05) is 7.11 Å². The van der Waals surface area contributed by atoms with Crippen LogP contribution < -0.4 is 15.6 Å². The molecule has 4 rings (SSSR count). The first kappa shape index (κ1) is 23.5. The van der Waals surface area contributed by atoms with Crippen molar-refractivity contribution in [2.24, 2.45) is 0 Å². The maximum absolute atomic E-state index is 14.2. The lowest BCUT2D eigenvalue weighted by molar-refractivity contribution is 0.0943. The van der Waals surface area contributed by atoms with Crippen LogP contribution in [0.15, 0.2) is 76.7 Å². The maximum atomic E-state index is 14.2. The summed E-state index contributed by atoms with van der Waals surface area (Å²) in [6.07, 6.45) is 0. The van der Waals surface area contributed by atoms with Crippen molar-refractivity contribution in [1.82, 2.24) is 14.9 Å². The van der Waals surface area contributed by atoms with Crippen molar-refractivity contribution >= 4 is 28.6 Å². The smallest absolute Gasteiger partial charge is 0.266 e. The number of halogens is 1. The SMILES string of the molecule is COc1ccc(-n2c(SCc3ccccc3F)nc3cc(C(=O)NC(C)C)ccc3c2=O)cc1. The Morgan fingerprint density at radius 2 is 1.85 bits per heavy atom. The number of rotatable bonds is 7. The fraction of sp³-hybridized carbons (Fsp3) is 0.192. The standard InChI is InChI=1S/C26H24FN3O3S/c1-16(2)28-24(31)17-8-13-21-23(14-17)29-26(34-15-18-6-4-5-7-22(18)27)30(25(21)32)19-9-11-20(33-3)12-10-19/h4-14,16H,15H2,1-3H3,(H,28,31). The van der Waals surface area contributed by atoms with Crippen LogP contribution in [0.3, 0.4) is 0 Å². The zero-order valence-corrected chi connectivity index (χ0v) is 19.9. The van der Waals surface area contributed by atoms with Crippen LogP contribution in [0.2, 0.25) is 0 Å². The van der Waals surface area contributed by atoms with Crippen molar-refractivity contribution in [3.63, 3.8) is 0 Å². The highest BCUT2D eigenvalue weighted by Crippen LogP contribution is 2.26. The minimum Gasteiger partial charge on any atom is -0.497 e. The summed E-state index contributed by atoms with van der Waals surface area (Å²) >= 11 is 1.25. The van der Waals surface area contributed by atoms with Crippen LogP contribution >= 0.6 is 11.8 Å². The van der Waals surface area contributed by atoms with Gasteiger partial charge in [-0.05, 0) is 67.9 Å². The van der Waals surface area contributed by atoms with Crippen molar-refractivity contribution < 1.29 is 13.9 Å². The van der Waals surface area contributed by atoms with Gasteiger partial charge in [-0.15, -0.1) is 0 Å². The second-order valence-electron chi connectivity index (χ2n) is 7.97. The first-order valence-corrected chi connectivity index (χ1v) is 11.7. The molecule has 1 aromatic heterocycles. The lowest BCUT2D eigenvalue weighted by Crippen LogP contribution is -2.30. The number of nitrogens with one attached hydrogen (secondary N) is 1. The molecule has 0 spiro atoms. The van der Waals surface area contributed by atoms with Gasteiger partial charge >= 0.3 is 0 Å². The van der Waals surface area contributed by atoms with E-state index in [1.165, 1.54) is 22.4 Å². The van der Waals surface area contributed by atoms with Crippen LogP contribution in [0.5, 0.6) is 5.75 Å². The fourth-order valence-corrected chi connectivity index (χ4v) is 4.46. The van der Waals surface area contributed by atoms with Gasteiger partial charge < -0.3 is 10.1 Å². The molecule has 0 unspecified atom stereocenters. The summed E-state index contributed by atoms with van der Waals surface area (Å²) in [4.78, 5) is 30.7. The van der Waals surface area contributed by atoms with Gasteiger partial charge in [0.15, 0.2) is 5.16 Å². The molecule has 0 fully saturated rings. The molecule has 8 heteroatoms. The summed E-state index contributed by atoms with van der Waals surface area (Å²) in [5.41, 5.74) is 1.66. The summed E-state index contributed by atoms with van der Waals surface area (Å²) in [5, 5.41) is 3.62. The topological polar surface area (TPSA) is 73.2 Å². The molecule has 1 N–H and O–H groups in total. The van der Waals surface area contributed by atoms with E-state index in [0.717, 1.165) is 0 Å². The number of benzene rings is 3. The first-order valence-electron chi connectivity index (χ1n) is 10.8. The third-order valence-electron chi connectivity index (χ3n) is 5.17. The zero-order valence-electron chi connectivity index (χ0n) is 19.0. The number of carbonyl (C=O) groups excluding carboxylic acids is 1. The second kappa shape index (κ2) is 10.1. The molecular formula is C26H24FN3O3S. The van der Waals surface area contributed by atoms with Gasteiger partial charge in [0.05, 0.1) is 23.7 Å². The first-order chi connectivity index (χ1) is 16.4. The van der Waals surface area contributed by atoms with E-state index in [0.29, 0.717) is 38.6 Å². The van der Waals surface area contributed by atoms with Crippen molar-refractivity contribution in [3.8, 4) is 11.4 Å². The maximum Gasteiger partial charge on any atom is 0.266 e. The molecule has 174 valence electrons. The molecule has 0 saturated heterocycles. The fourth-order valence-electron chi connectivity index (χ4n) is 3.47. The lowest BCUT2D eigenvalue weighted by atomic mass is 10.1. The molecule has 3 aromatic carbocycles. The number of ether oxygens (including phenoxy) is 1. The summed E-state index contributed by atoms with van der Waals surface area (Å²) < 4.78 is 20.9. The molecule has 0 radical (unpaired) electrons. The monoisotopic (exact) mass is 477 g/mol. The van der Waals surface area contributed by atoms with Crippen LogP contribution in [-0.2, 0) is 5.75 Å². The van der Waals surface area contributed by atoms with E-state index < -0.39 is 0 Å². The lowest BCUT2D eigenvalue weighted by Gasteiger charge is -2.15. The molecular weight excluding hydrogens is 453 g/mol. The van der Waals surface area contributed by atoms with E-state index in [1.54, 1.807) is 67.8 Å². The van der Waals surface area contributed by atoms with E-state index in [1.807, 2.05) is 13.8 Å². The number of methoxy groups -OCH3 is 1. The number of thioether (sulfide) groups is 1. The van der Waals surface area contributed by atoms with Crippen LogP contribution in [0, 0.1) is 5.82 Å². The molecule has 0 atom stereocenters. The highest BCUT2D eigenvalue weighted by Gasteiger charge is 2.16. The van der Waals surface area contributed by atoms with Gasteiger partial charge in [-0.1, -0.05) is 30.0 Å². The Hall–Kier alpha value is -3.65. The van der Waals surface area contributed by atoms with Gasteiger partial charge in [-0.25, -0.2) is 9.37 Å². The van der Waals surface area contributed by atoms with Crippen molar-refractivity contribution in [2.45, 2.75) is 30.8 Å². The van der Waals surface area contributed by atoms with Crippen LogP contribution in [0.4, 0.5) is 4.39 Å². The average Bonchev–Trinajstić information content (AvgIpc) is 2.83. The Bertz CT molecular complexity index is 1400. The summed E-state index contributed by atoms with van der Waals surface area (Å²) in [5.74, 6) is 0.390. The normalized spacial score (nSPS) is 11.1. The van der Waals surface area contributed by atoms with Crippen molar-refractivity contribution in [1.29, 1.82) is 0 Å². The minimum absolute atomic E-state index is 0.0221. The van der Waals surface area contributed by atoms with Crippen LogP contribution in [-0.4, -0.2) is 28.6 Å². The summed E-state index contributed by atoms with van der Waals surface area (Å²) in [7, 11) is 1.57. The number of aromatic nitrogens is 2. The van der Waals surface area contributed by atoms with E-state index in [4.69, 9.17) is 9.72 Å². The third kappa shape index (κ3) is 4.97. The van der Waals surface area contributed by atoms with Gasteiger partial charge in [-0.3, -0.25) is 14.2 Å². The third-order valence-corrected chi connectivity index (χ3v) is 6.15. The Balaban J connectivity index is 1.83. The van der Waals surface area contributed by atoms with E-state index in [9.17, 15) is 14.0 Å². The highest BCUT2D eigenvalue weighted by molar-refractivity contribution is 7.98. The number of fused-ring (bicyclic) bond motifs is 1. The van der Waals surface area contributed by atoms with Gasteiger partial charge in [0.1, 0.15) is 11.6 Å². The van der Waals surface area contributed by atoms with E-state index >= 15 is 0 Å². The molecule has 0 aliphatic heterocycles. The number of amides is 1. The largest absolute Gasteiger partial charge is 0.497 e. The second-order valence-corrected chi connectivity index (χ2v) is 8.92. The highest BCUT2D eigenvalue weighted by atomic mass is 32.2. The molecule has 0 bridgehead atoms. The Kier molecular flexibility index (Phi) is 6.98. The van der Waals surface area contributed by atoms with Crippen LogP contribution in [0.25, 0.3) is 16.6 Å². The van der Waals surface area contributed by atoms with Gasteiger partial charge in [0.2, 0.25) is 0 Å². The van der Waals surface area contributed by atoms with Gasteiger partial charge in [0.25, 0.3) is 11.5 Å².